The molecule has 0 saturated heterocycles. The van der Waals surface area contributed by atoms with Crippen LogP contribution in [0.1, 0.15) is 13.8 Å². The molecule has 0 aromatic heterocycles. The maximum absolute atomic E-state index is 11.3. The number of carbonyl (C=O) groups excluding carboxylic acids is 2. The fraction of sp³-hybridized carbons (Fsp3) is 0.625. The van der Waals surface area contributed by atoms with Crippen LogP contribution in [-0.2, 0) is 19.1 Å². The number of ether oxygens (including phenoxy) is 2. The molecule has 0 heterocycles. The van der Waals surface area contributed by atoms with Crippen molar-refractivity contribution in [2.24, 2.45) is 0 Å². The van der Waals surface area contributed by atoms with E-state index in [0.29, 0.717) is 0 Å². The highest BCUT2D eigenvalue weighted by atomic mass is 16.5. The van der Waals surface area contributed by atoms with Crippen molar-refractivity contribution in [3.8, 4) is 0 Å². The molecule has 0 aromatic rings. The summed E-state index contributed by atoms with van der Waals surface area (Å²) in [6.45, 7) is 2.77. The fourth-order valence-electron chi connectivity index (χ4n) is 1.61. The Bertz CT molecular complexity index is 392. The SMILES string of the molecule is CC=CC(=O)C(O)C(O)COCCOCC(O)C(O)C(=O)C=CC. The van der Waals surface area contributed by atoms with Crippen molar-refractivity contribution in [1.82, 2.24) is 0 Å². The predicted octanol–water partition coefficient (Wildman–Crippen LogP) is -1.25. The minimum Gasteiger partial charge on any atom is -0.388 e. The first kappa shape index (κ1) is 22.6. The molecule has 4 N–H and O–H groups in total. The fourth-order valence-corrected chi connectivity index (χ4v) is 1.61. The molecule has 0 aliphatic carbocycles. The van der Waals surface area contributed by atoms with Crippen LogP contribution in [0, 0.1) is 0 Å². The second-order valence-corrected chi connectivity index (χ2v) is 4.98. The van der Waals surface area contributed by atoms with Gasteiger partial charge in [-0.2, -0.15) is 0 Å². The van der Waals surface area contributed by atoms with Gasteiger partial charge in [0, 0.05) is 0 Å². The third-order valence-corrected chi connectivity index (χ3v) is 2.92. The van der Waals surface area contributed by atoms with E-state index < -0.39 is 36.0 Å². The lowest BCUT2D eigenvalue weighted by atomic mass is 10.1. The highest BCUT2D eigenvalue weighted by Gasteiger charge is 2.23. The Labute approximate surface area is 141 Å². The van der Waals surface area contributed by atoms with Gasteiger partial charge in [-0.05, 0) is 26.0 Å². The summed E-state index contributed by atoms with van der Waals surface area (Å²) in [6.07, 6.45) is -0.633. The smallest absolute Gasteiger partial charge is 0.186 e. The third kappa shape index (κ3) is 9.02. The van der Waals surface area contributed by atoms with E-state index in [1.54, 1.807) is 13.8 Å². The maximum Gasteiger partial charge on any atom is 0.186 e. The Hall–Kier alpha value is -1.42. The van der Waals surface area contributed by atoms with Gasteiger partial charge in [0.25, 0.3) is 0 Å². The molecule has 0 saturated carbocycles. The van der Waals surface area contributed by atoms with E-state index in [9.17, 15) is 30.0 Å². The van der Waals surface area contributed by atoms with Crippen molar-refractivity contribution in [2.45, 2.75) is 38.3 Å². The molecule has 0 aliphatic rings. The number of hydrogen-bond acceptors (Lipinski definition) is 8. The lowest BCUT2D eigenvalue weighted by molar-refractivity contribution is -0.133. The van der Waals surface area contributed by atoms with Crippen LogP contribution in [-0.4, -0.2) is 82.8 Å². The Kier molecular flexibility index (Phi) is 12.2. The van der Waals surface area contributed by atoms with Gasteiger partial charge in [0.05, 0.1) is 26.4 Å². The van der Waals surface area contributed by atoms with Crippen molar-refractivity contribution in [1.29, 1.82) is 0 Å². The van der Waals surface area contributed by atoms with Crippen LogP contribution < -0.4 is 0 Å². The van der Waals surface area contributed by atoms with Crippen LogP contribution in [0.25, 0.3) is 0 Å². The van der Waals surface area contributed by atoms with Gasteiger partial charge in [-0.1, -0.05) is 12.2 Å². The molecule has 8 nitrogen and oxygen atoms in total. The third-order valence-electron chi connectivity index (χ3n) is 2.92. The molecule has 4 atom stereocenters. The molecule has 0 fully saturated rings. The average molecular weight is 346 g/mol. The molecular weight excluding hydrogens is 320 g/mol. The van der Waals surface area contributed by atoms with E-state index in [0.717, 1.165) is 12.2 Å². The lowest BCUT2D eigenvalue weighted by Crippen LogP contribution is -2.37. The van der Waals surface area contributed by atoms with Crippen molar-refractivity contribution in [2.75, 3.05) is 26.4 Å². The van der Waals surface area contributed by atoms with Crippen molar-refractivity contribution in [3.05, 3.63) is 24.3 Å². The lowest BCUT2D eigenvalue weighted by Gasteiger charge is -2.17. The molecule has 4 unspecified atom stereocenters. The summed E-state index contributed by atoms with van der Waals surface area (Å²) in [5, 5.41) is 38.1. The summed E-state index contributed by atoms with van der Waals surface area (Å²) in [5.41, 5.74) is 0. The molecule has 0 aliphatic heterocycles. The van der Waals surface area contributed by atoms with Gasteiger partial charge in [0.2, 0.25) is 0 Å². The number of hydrogen-bond donors (Lipinski definition) is 4. The molecule has 0 radical (unpaired) electrons. The van der Waals surface area contributed by atoms with Gasteiger partial charge < -0.3 is 29.9 Å². The number of carbonyl (C=O) groups is 2. The van der Waals surface area contributed by atoms with Crippen molar-refractivity contribution < 1.29 is 39.5 Å². The van der Waals surface area contributed by atoms with Gasteiger partial charge in [-0.15, -0.1) is 0 Å². The largest absolute Gasteiger partial charge is 0.388 e. The highest BCUT2D eigenvalue weighted by Crippen LogP contribution is 2.00. The number of rotatable bonds is 13. The van der Waals surface area contributed by atoms with E-state index >= 15 is 0 Å². The number of allylic oxidation sites excluding steroid dienone is 2. The van der Waals surface area contributed by atoms with Gasteiger partial charge in [0.15, 0.2) is 11.6 Å². The summed E-state index contributed by atoms with van der Waals surface area (Å²) in [7, 11) is 0. The Morgan fingerprint density at radius 2 is 1.12 bits per heavy atom. The zero-order chi connectivity index (χ0) is 18.5. The van der Waals surface area contributed by atoms with Gasteiger partial charge in [-0.25, -0.2) is 0 Å². The normalized spacial score (nSPS) is 17.1. The first-order valence-electron chi connectivity index (χ1n) is 7.55. The van der Waals surface area contributed by atoms with E-state index in [2.05, 4.69) is 0 Å². The molecule has 138 valence electrons. The Balaban J connectivity index is 3.87. The zero-order valence-electron chi connectivity index (χ0n) is 13.9. The molecule has 0 aromatic carbocycles. The van der Waals surface area contributed by atoms with Crippen molar-refractivity contribution >= 4 is 11.6 Å². The van der Waals surface area contributed by atoms with Crippen LogP contribution in [0.3, 0.4) is 0 Å². The number of aliphatic hydroxyl groups excluding tert-OH is 4. The van der Waals surface area contributed by atoms with Gasteiger partial charge in [0.1, 0.15) is 24.4 Å². The van der Waals surface area contributed by atoms with Crippen LogP contribution in [0.4, 0.5) is 0 Å². The average Bonchev–Trinajstić information content (AvgIpc) is 2.56. The van der Waals surface area contributed by atoms with Gasteiger partial charge in [-0.3, -0.25) is 9.59 Å². The zero-order valence-corrected chi connectivity index (χ0v) is 13.9. The minimum atomic E-state index is -1.56. The Morgan fingerprint density at radius 1 is 0.792 bits per heavy atom. The summed E-state index contributed by atoms with van der Waals surface area (Å²) >= 11 is 0. The monoisotopic (exact) mass is 346 g/mol. The van der Waals surface area contributed by atoms with Crippen LogP contribution in [0.2, 0.25) is 0 Å². The Morgan fingerprint density at radius 3 is 1.42 bits per heavy atom. The molecule has 0 rings (SSSR count). The predicted molar refractivity (Wildman–Crippen MR) is 85.3 cm³/mol. The minimum absolute atomic E-state index is 0.0349. The first-order chi connectivity index (χ1) is 11.3. The van der Waals surface area contributed by atoms with E-state index in [1.807, 2.05) is 0 Å². The van der Waals surface area contributed by atoms with Crippen LogP contribution in [0.15, 0.2) is 24.3 Å². The molecule has 0 bridgehead atoms. The summed E-state index contributed by atoms with van der Waals surface area (Å²) < 4.78 is 10.1. The molecule has 24 heavy (non-hydrogen) atoms. The number of aliphatic hydroxyl groups is 4. The molecule has 0 spiro atoms. The summed E-state index contributed by atoms with van der Waals surface area (Å²) in [6, 6.07) is 0. The molecule has 8 heteroatoms. The van der Waals surface area contributed by atoms with E-state index in [1.165, 1.54) is 12.2 Å². The first-order valence-corrected chi connectivity index (χ1v) is 7.55. The van der Waals surface area contributed by atoms with E-state index in [4.69, 9.17) is 9.47 Å². The van der Waals surface area contributed by atoms with Crippen molar-refractivity contribution in [3.63, 3.8) is 0 Å². The van der Waals surface area contributed by atoms with Gasteiger partial charge >= 0.3 is 0 Å². The highest BCUT2D eigenvalue weighted by molar-refractivity contribution is 5.94. The van der Waals surface area contributed by atoms with Crippen LogP contribution in [0.5, 0.6) is 0 Å². The molecule has 0 amide bonds. The standard InChI is InChI=1S/C16H26O8/c1-3-5-11(17)15(21)13(19)9-23-7-8-24-10-14(20)16(22)12(18)6-4-2/h3-6,13-16,19-22H,7-10H2,1-2H3. The van der Waals surface area contributed by atoms with E-state index in [-0.39, 0.29) is 26.4 Å². The quantitative estimate of drug-likeness (QED) is 0.240. The maximum atomic E-state index is 11.3. The topological polar surface area (TPSA) is 134 Å². The second-order valence-electron chi connectivity index (χ2n) is 4.98. The van der Waals surface area contributed by atoms with Crippen LogP contribution >= 0.6 is 0 Å². The second kappa shape index (κ2) is 12.9. The number of ketones is 2. The molecular formula is C16H26O8. The summed E-state index contributed by atoms with van der Waals surface area (Å²) in [5.74, 6) is -1.24. The summed E-state index contributed by atoms with van der Waals surface area (Å²) in [4.78, 5) is 22.6.